The van der Waals surface area contributed by atoms with Crippen LogP contribution >= 0.6 is 15.9 Å². The lowest BCUT2D eigenvalue weighted by Crippen LogP contribution is -2.38. The fourth-order valence-corrected chi connectivity index (χ4v) is 3.70. The molecule has 1 aromatic rings. The highest BCUT2D eigenvalue weighted by molar-refractivity contribution is 9.10. The van der Waals surface area contributed by atoms with Crippen LogP contribution in [-0.2, 0) is 5.60 Å². The molecule has 1 fully saturated rings. The number of halogens is 1. The molecule has 2 heteroatoms. The molecule has 2 rings (SSSR count). The lowest BCUT2D eigenvalue weighted by molar-refractivity contribution is -0.0489. The van der Waals surface area contributed by atoms with E-state index in [0.29, 0.717) is 11.8 Å². The Kier molecular flexibility index (Phi) is 4.50. The molecule has 1 aliphatic rings. The smallest absolute Gasteiger partial charge is 0.0899 e. The average molecular weight is 311 g/mol. The van der Waals surface area contributed by atoms with Crippen molar-refractivity contribution in [2.75, 3.05) is 0 Å². The molecule has 1 saturated carbocycles. The summed E-state index contributed by atoms with van der Waals surface area (Å²) in [7, 11) is 0. The zero-order chi connectivity index (χ0) is 13.2. The Bertz CT molecular complexity index is 383. The molecule has 3 atom stereocenters. The monoisotopic (exact) mass is 310 g/mol. The van der Waals surface area contributed by atoms with Crippen LogP contribution in [0.2, 0.25) is 0 Å². The van der Waals surface area contributed by atoms with Gasteiger partial charge in [-0.15, -0.1) is 0 Å². The van der Waals surface area contributed by atoms with Gasteiger partial charge in [0.05, 0.1) is 5.60 Å². The fraction of sp³-hybridized carbons (Fsp3) is 0.625. The molecule has 100 valence electrons. The maximum Gasteiger partial charge on any atom is 0.0899 e. The number of hydrogen-bond donors (Lipinski definition) is 1. The van der Waals surface area contributed by atoms with Crippen LogP contribution in [0.1, 0.15) is 51.5 Å². The van der Waals surface area contributed by atoms with E-state index >= 15 is 0 Å². The highest BCUT2D eigenvalue weighted by Crippen LogP contribution is 2.43. The quantitative estimate of drug-likeness (QED) is 0.844. The van der Waals surface area contributed by atoms with Gasteiger partial charge in [0.25, 0.3) is 0 Å². The van der Waals surface area contributed by atoms with Gasteiger partial charge in [-0.05, 0) is 42.9 Å². The van der Waals surface area contributed by atoms with Crippen molar-refractivity contribution < 1.29 is 5.11 Å². The van der Waals surface area contributed by atoms with Gasteiger partial charge in [-0.1, -0.05) is 60.7 Å². The minimum absolute atomic E-state index is 0.400. The first kappa shape index (κ1) is 14.1. The lowest BCUT2D eigenvalue weighted by atomic mass is 9.67. The largest absolute Gasteiger partial charge is 0.385 e. The first-order chi connectivity index (χ1) is 8.55. The standard InChI is InChI=1S/C16H23BrO/c1-3-12-6-4-5-7-15(12)16(2,18)13-8-10-14(17)11-9-13/h8-12,15,18H,3-7H2,1-2H3. The van der Waals surface area contributed by atoms with E-state index in [4.69, 9.17) is 0 Å². The van der Waals surface area contributed by atoms with E-state index in [-0.39, 0.29) is 0 Å². The third-order valence-corrected chi connectivity index (χ3v) is 5.11. The maximum absolute atomic E-state index is 11.0. The molecule has 0 aliphatic heterocycles. The van der Waals surface area contributed by atoms with Crippen LogP contribution in [0, 0.1) is 11.8 Å². The van der Waals surface area contributed by atoms with E-state index in [0.717, 1.165) is 16.5 Å². The Balaban J connectivity index is 2.25. The minimum Gasteiger partial charge on any atom is -0.385 e. The van der Waals surface area contributed by atoms with Crippen LogP contribution in [0.25, 0.3) is 0 Å². The van der Waals surface area contributed by atoms with Gasteiger partial charge < -0.3 is 5.11 Å². The van der Waals surface area contributed by atoms with Gasteiger partial charge in [0.2, 0.25) is 0 Å². The van der Waals surface area contributed by atoms with Gasteiger partial charge in [0.1, 0.15) is 0 Å². The van der Waals surface area contributed by atoms with Crippen LogP contribution in [0.15, 0.2) is 28.7 Å². The van der Waals surface area contributed by atoms with Crippen molar-refractivity contribution in [1.29, 1.82) is 0 Å². The SMILES string of the molecule is CCC1CCCCC1C(C)(O)c1ccc(Br)cc1. The zero-order valence-electron chi connectivity index (χ0n) is 11.3. The van der Waals surface area contributed by atoms with E-state index in [2.05, 4.69) is 22.9 Å². The highest BCUT2D eigenvalue weighted by atomic mass is 79.9. The van der Waals surface area contributed by atoms with Crippen molar-refractivity contribution in [3.05, 3.63) is 34.3 Å². The van der Waals surface area contributed by atoms with Crippen LogP contribution in [-0.4, -0.2) is 5.11 Å². The van der Waals surface area contributed by atoms with E-state index in [9.17, 15) is 5.11 Å². The molecule has 1 aliphatic carbocycles. The summed E-state index contributed by atoms with van der Waals surface area (Å²) in [6.07, 6.45) is 6.19. The van der Waals surface area contributed by atoms with Crippen molar-refractivity contribution in [2.45, 2.75) is 51.6 Å². The maximum atomic E-state index is 11.0. The van der Waals surface area contributed by atoms with E-state index in [1.807, 2.05) is 31.2 Å². The first-order valence-electron chi connectivity index (χ1n) is 7.04. The number of benzene rings is 1. The van der Waals surface area contributed by atoms with Crippen LogP contribution < -0.4 is 0 Å². The second kappa shape index (κ2) is 5.75. The molecule has 0 spiro atoms. The summed E-state index contributed by atoms with van der Waals surface area (Å²) in [6, 6.07) is 8.14. The summed E-state index contributed by atoms with van der Waals surface area (Å²) in [5, 5.41) is 11.0. The average Bonchev–Trinajstić information content (AvgIpc) is 2.39. The molecule has 3 unspecified atom stereocenters. The molecule has 0 saturated heterocycles. The van der Waals surface area contributed by atoms with Crippen LogP contribution in [0.3, 0.4) is 0 Å². The molecule has 18 heavy (non-hydrogen) atoms. The number of hydrogen-bond acceptors (Lipinski definition) is 1. The molecule has 1 N–H and O–H groups in total. The molecule has 0 heterocycles. The van der Waals surface area contributed by atoms with Crippen molar-refractivity contribution in [2.24, 2.45) is 11.8 Å². The van der Waals surface area contributed by atoms with Gasteiger partial charge in [-0.25, -0.2) is 0 Å². The third-order valence-electron chi connectivity index (χ3n) is 4.58. The normalized spacial score (nSPS) is 27.8. The van der Waals surface area contributed by atoms with Crippen molar-refractivity contribution >= 4 is 15.9 Å². The molecule has 0 aromatic heterocycles. The van der Waals surface area contributed by atoms with Crippen molar-refractivity contribution in [3.8, 4) is 0 Å². The molecular weight excluding hydrogens is 288 g/mol. The Morgan fingerprint density at radius 1 is 1.22 bits per heavy atom. The van der Waals surface area contributed by atoms with Gasteiger partial charge >= 0.3 is 0 Å². The van der Waals surface area contributed by atoms with Gasteiger partial charge in [-0.3, -0.25) is 0 Å². The second-order valence-electron chi connectivity index (χ2n) is 5.71. The molecule has 0 bridgehead atoms. The van der Waals surface area contributed by atoms with E-state index in [1.54, 1.807) is 0 Å². The summed E-state index contributed by atoms with van der Waals surface area (Å²) >= 11 is 3.45. The van der Waals surface area contributed by atoms with E-state index in [1.165, 1.54) is 25.7 Å². The van der Waals surface area contributed by atoms with Crippen molar-refractivity contribution in [3.63, 3.8) is 0 Å². The number of rotatable bonds is 3. The van der Waals surface area contributed by atoms with Gasteiger partial charge in [0.15, 0.2) is 0 Å². The summed E-state index contributed by atoms with van der Waals surface area (Å²) in [5.41, 5.74) is 0.359. The molecule has 1 aromatic carbocycles. The van der Waals surface area contributed by atoms with Gasteiger partial charge in [-0.2, -0.15) is 0 Å². The lowest BCUT2D eigenvalue weighted by Gasteiger charge is -2.41. The highest BCUT2D eigenvalue weighted by Gasteiger charge is 2.39. The summed E-state index contributed by atoms with van der Waals surface area (Å²) in [4.78, 5) is 0. The van der Waals surface area contributed by atoms with Crippen molar-refractivity contribution in [1.82, 2.24) is 0 Å². The molecule has 0 amide bonds. The molecule has 1 nitrogen and oxygen atoms in total. The summed E-state index contributed by atoms with van der Waals surface area (Å²) in [6.45, 7) is 4.25. The fourth-order valence-electron chi connectivity index (χ4n) is 3.44. The molecular formula is C16H23BrO. The Labute approximate surface area is 119 Å². The van der Waals surface area contributed by atoms with Gasteiger partial charge in [0, 0.05) is 4.47 Å². The summed E-state index contributed by atoms with van der Waals surface area (Å²) < 4.78 is 1.07. The zero-order valence-corrected chi connectivity index (χ0v) is 12.9. The molecule has 0 radical (unpaired) electrons. The topological polar surface area (TPSA) is 20.2 Å². The predicted octanol–water partition coefficient (Wildman–Crippen LogP) is 4.87. The summed E-state index contributed by atoms with van der Waals surface area (Å²) in [5.74, 6) is 1.06. The van der Waals surface area contributed by atoms with E-state index < -0.39 is 5.60 Å². The van der Waals surface area contributed by atoms with Crippen LogP contribution in [0.5, 0.6) is 0 Å². The first-order valence-corrected chi connectivity index (χ1v) is 7.83. The van der Waals surface area contributed by atoms with Crippen LogP contribution in [0.4, 0.5) is 0 Å². The minimum atomic E-state index is -0.693. The third kappa shape index (κ3) is 2.80. The Hall–Kier alpha value is -0.340. The Morgan fingerprint density at radius 3 is 2.44 bits per heavy atom. The Morgan fingerprint density at radius 2 is 1.83 bits per heavy atom. The second-order valence-corrected chi connectivity index (χ2v) is 6.63. The number of aliphatic hydroxyl groups is 1. The predicted molar refractivity (Wildman–Crippen MR) is 79.5 cm³/mol.